The summed E-state index contributed by atoms with van der Waals surface area (Å²) in [6.45, 7) is 3.59. The van der Waals surface area contributed by atoms with E-state index in [4.69, 9.17) is 0 Å². The van der Waals surface area contributed by atoms with Crippen LogP contribution in [-0.2, 0) is 0 Å². The summed E-state index contributed by atoms with van der Waals surface area (Å²) in [5.41, 5.74) is 6.66. The molecule has 5 heteroatoms. The van der Waals surface area contributed by atoms with Crippen molar-refractivity contribution in [3.8, 4) is 0 Å². The van der Waals surface area contributed by atoms with E-state index in [0.29, 0.717) is 6.04 Å². The maximum Gasteiger partial charge on any atom is 0.0374 e. The van der Waals surface area contributed by atoms with Gasteiger partial charge in [-0.2, -0.15) is 10.7 Å². The molecule has 4 heterocycles. The maximum absolute atomic E-state index is 3.39. The fourth-order valence-electron chi connectivity index (χ4n) is 2.28. The second-order valence-corrected chi connectivity index (χ2v) is 3.54. The number of halogens is 1. The highest BCUT2D eigenvalue weighted by Gasteiger charge is 2.39. The molecule has 11 heavy (non-hydrogen) atoms. The van der Waals surface area contributed by atoms with Crippen LogP contribution in [0, 0.1) is 5.92 Å². The number of hydrogen-bond acceptors (Lipinski definition) is 4. The first kappa shape index (κ1) is 8.18. The van der Waals surface area contributed by atoms with Gasteiger partial charge in [0.2, 0.25) is 0 Å². The highest BCUT2D eigenvalue weighted by molar-refractivity contribution is 14.0. The summed E-state index contributed by atoms with van der Waals surface area (Å²) in [6, 6.07) is 0.716. The molecule has 0 saturated carbocycles. The summed E-state index contributed by atoms with van der Waals surface area (Å²) in [4.78, 5) is 0. The largest absolute Gasteiger partial charge is 0.236 e. The zero-order valence-electron chi connectivity index (χ0n) is 6.29. The molecule has 2 N–H and O–H groups in total. The van der Waals surface area contributed by atoms with Gasteiger partial charge >= 0.3 is 0 Å². The molecule has 0 radical (unpaired) electrons. The normalized spacial score (nSPS) is 52.4. The Morgan fingerprint density at radius 2 is 2.09 bits per heavy atom. The molecule has 4 fully saturated rings. The van der Waals surface area contributed by atoms with Crippen LogP contribution in [0.3, 0.4) is 0 Å². The minimum absolute atomic E-state index is 0. The lowest BCUT2D eigenvalue weighted by Gasteiger charge is -2.53. The first-order chi connectivity index (χ1) is 4.90. The third-order valence-corrected chi connectivity index (χ3v) is 2.58. The minimum Gasteiger partial charge on any atom is -0.236 e. The van der Waals surface area contributed by atoms with E-state index in [0.717, 1.165) is 5.92 Å². The summed E-state index contributed by atoms with van der Waals surface area (Å²) in [5, 5.41) is 4.42. The number of nitrogens with zero attached hydrogens (tertiary/aromatic N) is 2. The molecule has 0 spiro atoms. The van der Waals surface area contributed by atoms with E-state index in [-0.39, 0.29) is 24.0 Å². The monoisotopic (exact) mass is 268 g/mol. The molecule has 4 aliphatic heterocycles. The number of nitrogens with one attached hydrogen (secondary N) is 2. The van der Waals surface area contributed by atoms with E-state index in [2.05, 4.69) is 21.1 Å². The molecular weight excluding hydrogens is 255 g/mol. The Morgan fingerprint density at radius 1 is 1.18 bits per heavy atom. The van der Waals surface area contributed by atoms with Gasteiger partial charge in [0, 0.05) is 25.7 Å². The van der Waals surface area contributed by atoms with Gasteiger partial charge in [-0.15, -0.1) is 24.0 Å². The topological polar surface area (TPSA) is 30.5 Å². The molecule has 4 atom stereocenters. The number of rotatable bonds is 0. The van der Waals surface area contributed by atoms with E-state index in [1.807, 2.05) is 0 Å². The van der Waals surface area contributed by atoms with Gasteiger partial charge in [-0.25, -0.2) is 10.4 Å². The van der Waals surface area contributed by atoms with Crippen molar-refractivity contribution in [1.29, 1.82) is 0 Å². The van der Waals surface area contributed by atoms with Crippen LogP contribution in [0.4, 0.5) is 0 Å². The SMILES string of the molecule is C1C2CN3CC1NN(C2)N3.I. The molecule has 0 aromatic heterocycles. The lowest BCUT2D eigenvalue weighted by atomic mass is 9.93. The Hall–Kier alpha value is 0.570. The predicted octanol–water partition coefficient (Wildman–Crippen LogP) is -0.452. The van der Waals surface area contributed by atoms with Crippen LogP contribution in [0.5, 0.6) is 0 Å². The van der Waals surface area contributed by atoms with E-state index in [9.17, 15) is 0 Å². The van der Waals surface area contributed by atoms with E-state index in [1.165, 1.54) is 26.1 Å². The van der Waals surface area contributed by atoms with E-state index < -0.39 is 0 Å². The summed E-state index contributed by atoms with van der Waals surface area (Å²) in [5.74, 6) is 0.904. The highest BCUT2D eigenvalue weighted by atomic mass is 127. The highest BCUT2D eigenvalue weighted by Crippen LogP contribution is 2.24. The molecule has 64 valence electrons. The van der Waals surface area contributed by atoms with Crippen molar-refractivity contribution in [2.75, 3.05) is 19.6 Å². The number of hydrazine groups is 3. The lowest BCUT2D eigenvalue weighted by molar-refractivity contribution is -0.164. The molecule has 4 aliphatic rings. The lowest BCUT2D eigenvalue weighted by Crippen LogP contribution is -2.76. The molecule has 4 rings (SSSR count). The quantitative estimate of drug-likeness (QED) is 0.582. The Labute approximate surface area is 83.2 Å². The second kappa shape index (κ2) is 2.81. The first-order valence-electron chi connectivity index (χ1n) is 3.95. The van der Waals surface area contributed by atoms with Crippen molar-refractivity contribution in [2.24, 2.45) is 5.92 Å². The van der Waals surface area contributed by atoms with E-state index >= 15 is 0 Å². The van der Waals surface area contributed by atoms with Gasteiger partial charge in [0.15, 0.2) is 0 Å². The minimum atomic E-state index is 0. The van der Waals surface area contributed by atoms with Gasteiger partial charge in [-0.05, 0) is 12.3 Å². The zero-order chi connectivity index (χ0) is 6.55. The van der Waals surface area contributed by atoms with Crippen LogP contribution in [-0.4, -0.2) is 35.8 Å². The van der Waals surface area contributed by atoms with Crippen molar-refractivity contribution in [1.82, 2.24) is 21.1 Å². The first-order valence-corrected chi connectivity index (χ1v) is 3.95. The third kappa shape index (κ3) is 1.29. The van der Waals surface area contributed by atoms with Crippen LogP contribution >= 0.6 is 24.0 Å². The molecule has 0 aromatic rings. The predicted molar refractivity (Wildman–Crippen MR) is 51.9 cm³/mol. The summed E-state index contributed by atoms with van der Waals surface area (Å²) in [6.07, 6.45) is 1.37. The summed E-state index contributed by atoms with van der Waals surface area (Å²) in [7, 11) is 0. The van der Waals surface area contributed by atoms with Gasteiger partial charge in [0.1, 0.15) is 0 Å². The van der Waals surface area contributed by atoms with Crippen LogP contribution in [0.15, 0.2) is 0 Å². The van der Waals surface area contributed by atoms with Gasteiger partial charge in [0.25, 0.3) is 0 Å². The van der Waals surface area contributed by atoms with Crippen molar-refractivity contribution in [3.05, 3.63) is 0 Å². The molecule has 0 amide bonds. The fraction of sp³-hybridized carbons (Fsp3) is 1.00. The Kier molecular flexibility index (Phi) is 2.09. The van der Waals surface area contributed by atoms with Gasteiger partial charge in [-0.1, -0.05) is 0 Å². The van der Waals surface area contributed by atoms with Gasteiger partial charge in [-0.3, -0.25) is 0 Å². The second-order valence-electron chi connectivity index (χ2n) is 3.54. The van der Waals surface area contributed by atoms with Crippen molar-refractivity contribution in [3.63, 3.8) is 0 Å². The smallest absolute Gasteiger partial charge is 0.0374 e. The third-order valence-electron chi connectivity index (χ3n) is 2.58. The van der Waals surface area contributed by atoms with Crippen molar-refractivity contribution >= 4 is 24.0 Å². The molecular formula is C6H13IN4. The average Bonchev–Trinajstić information content (AvgIpc) is 1.82. The van der Waals surface area contributed by atoms with Gasteiger partial charge < -0.3 is 0 Å². The summed E-state index contributed by atoms with van der Waals surface area (Å²) >= 11 is 0. The van der Waals surface area contributed by atoms with E-state index in [1.54, 1.807) is 0 Å². The van der Waals surface area contributed by atoms with Crippen LogP contribution in [0.1, 0.15) is 6.42 Å². The standard InChI is InChI=1S/C6H12N4.HI/c1-5-2-9-4-6(1)7-10(3-5)8-9;/h5-8H,1-4H2;1H. The Morgan fingerprint density at radius 3 is 2.73 bits per heavy atom. The molecule has 4 bridgehead atoms. The fourth-order valence-corrected chi connectivity index (χ4v) is 2.28. The zero-order valence-corrected chi connectivity index (χ0v) is 8.62. The summed E-state index contributed by atoms with van der Waals surface area (Å²) < 4.78 is 0. The Balaban J connectivity index is 0.000000480. The van der Waals surface area contributed by atoms with Gasteiger partial charge in [0.05, 0.1) is 0 Å². The van der Waals surface area contributed by atoms with Crippen molar-refractivity contribution < 1.29 is 0 Å². The molecule has 0 aliphatic carbocycles. The van der Waals surface area contributed by atoms with Crippen LogP contribution in [0.25, 0.3) is 0 Å². The molecule has 4 unspecified atom stereocenters. The molecule has 4 nitrogen and oxygen atoms in total. The van der Waals surface area contributed by atoms with Crippen LogP contribution < -0.4 is 11.0 Å². The van der Waals surface area contributed by atoms with Crippen molar-refractivity contribution in [2.45, 2.75) is 12.5 Å². The Bertz CT molecular complexity index is 106. The molecule has 4 saturated heterocycles. The molecule has 0 aromatic carbocycles. The average molecular weight is 268 g/mol. The maximum atomic E-state index is 3.39. The van der Waals surface area contributed by atoms with Crippen LogP contribution in [0.2, 0.25) is 0 Å². The number of hydrogen-bond donors (Lipinski definition) is 2. The number of piperidine rings is 1.